The Morgan fingerprint density at radius 1 is 1.17 bits per heavy atom. The highest BCUT2D eigenvalue weighted by atomic mass is 19.1. The molecule has 1 aliphatic rings. The molecule has 4 aromatic rings. The number of allylic oxidation sites excluding steroid dienone is 4. The van der Waals surface area contributed by atoms with Crippen molar-refractivity contribution in [2.45, 2.75) is 32.0 Å². The van der Waals surface area contributed by atoms with Crippen LogP contribution in [0.3, 0.4) is 0 Å². The second kappa shape index (κ2) is 8.76. The topological polar surface area (TPSA) is 121 Å². The normalized spacial score (nSPS) is 17.8. The monoisotopic (exact) mass is 495 g/mol. The maximum atomic E-state index is 15.4. The third-order valence-electron chi connectivity index (χ3n) is 6.13. The summed E-state index contributed by atoms with van der Waals surface area (Å²) in [6.07, 6.45) is 3.89. The minimum atomic E-state index is -2.46. The Kier molecular flexibility index (Phi) is 5.71. The molecule has 0 amide bonds. The molecule has 3 heterocycles. The van der Waals surface area contributed by atoms with E-state index in [0.717, 1.165) is 11.6 Å². The highest BCUT2D eigenvalue weighted by Crippen LogP contribution is 2.44. The van der Waals surface area contributed by atoms with Crippen molar-refractivity contribution < 1.29 is 22.8 Å². The summed E-state index contributed by atoms with van der Waals surface area (Å²) in [6, 6.07) is 3.23. The summed E-state index contributed by atoms with van der Waals surface area (Å²) in [5.74, 6) is -1.76. The number of H-pyrrole nitrogens is 2. The Hall–Kier alpha value is -4.25. The fraction of sp³-hybridized carbons (Fsp3) is 0.200. The van der Waals surface area contributed by atoms with E-state index in [2.05, 4.69) is 25.1 Å². The smallest absolute Gasteiger partial charge is 0.323 e. The van der Waals surface area contributed by atoms with Gasteiger partial charge in [-0.25, -0.2) is 18.0 Å². The first-order chi connectivity index (χ1) is 17.2. The van der Waals surface area contributed by atoms with Crippen molar-refractivity contribution in [1.29, 1.82) is 0 Å². The van der Waals surface area contributed by atoms with Crippen molar-refractivity contribution in [3.63, 3.8) is 0 Å². The van der Waals surface area contributed by atoms with E-state index in [4.69, 9.17) is 4.52 Å². The van der Waals surface area contributed by atoms with E-state index in [1.807, 2.05) is 0 Å². The maximum absolute atomic E-state index is 15.4. The Bertz CT molecular complexity index is 1600. The molecule has 36 heavy (non-hydrogen) atoms. The number of halogens is 3. The van der Waals surface area contributed by atoms with Gasteiger partial charge in [0.2, 0.25) is 0 Å². The van der Waals surface area contributed by atoms with Gasteiger partial charge in [-0.3, -0.25) is 9.97 Å². The van der Waals surface area contributed by atoms with E-state index in [1.165, 1.54) is 18.6 Å². The molecule has 2 unspecified atom stereocenters. The van der Waals surface area contributed by atoms with E-state index >= 15 is 4.39 Å². The average molecular weight is 495 g/mol. The number of benzene rings is 1. The first kappa shape index (κ1) is 23.5. The molecule has 0 bridgehead atoms. The first-order valence-electron chi connectivity index (χ1n) is 10.9. The van der Waals surface area contributed by atoms with Crippen molar-refractivity contribution in [2.24, 2.45) is 0 Å². The minimum absolute atomic E-state index is 0.00933. The molecule has 0 aliphatic heterocycles. The number of nitrogens with zero attached hydrogens (tertiary/aromatic N) is 3. The van der Waals surface area contributed by atoms with E-state index < -0.39 is 34.7 Å². The number of aryl methyl sites for hydroxylation is 2. The van der Waals surface area contributed by atoms with E-state index in [1.54, 1.807) is 26.0 Å². The van der Waals surface area contributed by atoms with Crippen LogP contribution in [0, 0.1) is 13.8 Å². The van der Waals surface area contributed by atoms with Crippen molar-refractivity contribution in [2.75, 3.05) is 0 Å². The Balaban J connectivity index is 1.81. The number of alkyl halides is 1. The van der Waals surface area contributed by atoms with Gasteiger partial charge >= 0.3 is 5.69 Å². The van der Waals surface area contributed by atoms with Crippen LogP contribution in [0.2, 0.25) is 0 Å². The van der Waals surface area contributed by atoms with Gasteiger partial charge in [0, 0.05) is 41.6 Å². The average Bonchev–Trinajstić information content (AvgIpc) is 3.33. The fourth-order valence-corrected chi connectivity index (χ4v) is 4.43. The number of fused-ring (bicyclic) bond motifs is 1. The van der Waals surface area contributed by atoms with Crippen molar-refractivity contribution in [1.82, 2.24) is 25.1 Å². The van der Waals surface area contributed by atoms with Crippen molar-refractivity contribution in [3.05, 3.63) is 111 Å². The van der Waals surface area contributed by atoms with Crippen LogP contribution in [0.4, 0.5) is 13.2 Å². The lowest BCUT2D eigenvalue weighted by molar-refractivity contribution is 0.115. The molecule has 3 aromatic heterocycles. The third kappa shape index (κ3) is 3.97. The van der Waals surface area contributed by atoms with Gasteiger partial charge in [0.25, 0.3) is 0 Å². The largest absolute Gasteiger partial charge is 0.374 e. The number of aromatic nitrogens is 5. The van der Waals surface area contributed by atoms with Crippen LogP contribution in [0.15, 0.2) is 75.5 Å². The SMILES string of the molecule is Cc1noc(C)c1Cc1cc(C(O)(C2=CC(F)C=C(F)C=C2F)c2cnccn2)c2[nH]c(=O)[nH]c2c1. The van der Waals surface area contributed by atoms with Crippen LogP contribution in [0.25, 0.3) is 11.0 Å². The van der Waals surface area contributed by atoms with Gasteiger partial charge in [-0.1, -0.05) is 5.16 Å². The molecule has 0 saturated carbocycles. The number of rotatable bonds is 5. The van der Waals surface area contributed by atoms with Gasteiger partial charge in [-0.05, 0) is 43.7 Å². The predicted molar refractivity (Wildman–Crippen MR) is 124 cm³/mol. The lowest BCUT2D eigenvalue weighted by Gasteiger charge is -2.31. The lowest BCUT2D eigenvalue weighted by Crippen LogP contribution is -2.33. The van der Waals surface area contributed by atoms with Crippen LogP contribution < -0.4 is 5.69 Å². The number of imidazole rings is 1. The summed E-state index contributed by atoms with van der Waals surface area (Å²) in [4.78, 5) is 25.6. The van der Waals surface area contributed by atoms with Crippen LogP contribution >= 0.6 is 0 Å². The molecule has 184 valence electrons. The van der Waals surface area contributed by atoms with E-state index in [0.29, 0.717) is 41.1 Å². The Morgan fingerprint density at radius 3 is 2.67 bits per heavy atom. The third-order valence-corrected chi connectivity index (χ3v) is 6.13. The fourth-order valence-electron chi connectivity index (χ4n) is 4.43. The van der Waals surface area contributed by atoms with Gasteiger partial charge in [0.15, 0.2) is 5.60 Å². The molecular formula is C25H20F3N5O3. The number of hydrogen-bond donors (Lipinski definition) is 3. The zero-order valence-electron chi connectivity index (χ0n) is 19.1. The second-order valence-electron chi connectivity index (χ2n) is 8.49. The quantitative estimate of drug-likeness (QED) is 0.384. The summed E-state index contributed by atoms with van der Waals surface area (Å²) in [5, 5.41) is 16.2. The zero-order valence-corrected chi connectivity index (χ0v) is 19.1. The number of aromatic amines is 2. The van der Waals surface area contributed by atoms with Crippen LogP contribution in [-0.2, 0) is 12.0 Å². The molecule has 0 fully saturated rings. The van der Waals surface area contributed by atoms with Crippen LogP contribution in [0.5, 0.6) is 0 Å². The van der Waals surface area contributed by atoms with Gasteiger partial charge in [-0.15, -0.1) is 0 Å². The number of hydrogen-bond acceptors (Lipinski definition) is 6. The highest BCUT2D eigenvalue weighted by molar-refractivity contribution is 5.82. The minimum Gasteiger partial charge on any atom is -0.374 e. The second-order valence-corrected chi connectivity index (χ2v) is 8.49. The summed E-state index contributed by atoms with van der Waals surface area (Å²) in [7, 11) is 0. The van der Waals surface area contributed by atoms with Crippen molar-refractivity contribution in [3.8, 4) is 0 Å². The Morgan fingerprint density at radius 2 is 1.97 bits per heavy atom. The molecule has 1 aromatic carbocycles. The van der Waals surface area contributed by atoms with Gasteiger partial charge in [0.05, 0.1) is 28.6 Å². The van der Waals surface area contributed by atoms with Crippen LogP contribution in [-0.4, -0.2) is 36.4 Å². The van der Waals surface area contributed by atoms with Gasteiger partial charge in [-0.2, -0.15) is 0 Å². The standard InChI is InChI=1S/C25H20F3N5O3/c1-12-17(13(2)36-33-12)5-14-6-19(23-21(7-14)31-24(34)32-23)25(35,22-11-29-3-4-30-22)18-9-15(26)8-16(27)10-20(18)28/h3-4,6-11,15,35H,5H2,1-2H3,(H2,31,32,34). The molecule has 0 spiro atoms. The van der Waals surface area contributed by atoms with E-state index in [9.17, 15) is 18.7 Å². The molecule has 0 radical (unpaired) electrons. The lowest BCUT2D eigenvalue weighted by atomic mass is 9.80. The Labute approximate surface area is 201 Å². The molecular weight excluding hydrogens is 475 g/mol. The maximum Gasteiger partial charge on any atom is 0.323 e. The molecule has 2 atom stereocenters. The summed E-state index contributed by atoms with van der Waals surface area (Å²) < 4.78 is 49.2. The number of nitrogens with one attached hydrogen (secondary N) is 2. The first-order valence-corrected chi connectivity index (χ1v) is 10.9. The molecule has 8 nitrogen and oxygen atoms in total. The van der Waals surface area contributed by atoms with Crippen molar-refractivity contribution >= 4 is 11.0 Å². The predicted octanol–water partition coefficient (Wildman–Crippen LogP) is 4.06. The highest BCUT2D eigenvalue weighted by Gasteiger charge is 2.43. The molecule has 5 rings (SSSR count). The summed E-state index contributed by atoms with van der Waals surface area (Å²) in [6.45, 7) is 3.53. The molecule has 11 heteroatoms. The van der Waals surface area contributed by atoms with Gasteiger partial charge < -0.3 is 19.6 Å². The summed E-state index contributed by atoms with van der Waals surface area (Å²) >= 11 is 0. The van der Waals surface area contributed by atoms with Gasteiger partial charge in [0.1, 0.15) is 23.6 Å². The zero-order chi connectivity index (χ0) is 25.6. The summed E-state index contributed by atoms with van der Waals surface area (Å²) in [5.41, 5.74) is -1.31. The van der Waals surface area contributed by atoms with Crippen LogP contribution in [0.1, 0.15) is 33.8 Å². The molecule has 0 saturated heterocycles. The molecule has 1 aliphatic carbocycles. The molecule has 3 N–H and O–H groups in total. The number of aliphatic hydroxyl groups is 1. The van der Waals surface area contributed by atoms with E-state index in [-0.39, 0.29) is 16.8 Å².